The van der Waals surface area contributed by atoms with E-state index in [1.165, 1.54) is 6.07 Å². The molecule has 4 heteroatoms. The van der Waals surface area contributed by atoms with Gasteiger partial charge in [-0.25, -0.2) is 9.37 Å². The summed E-state index contributed by atoms with van der Waals surface area (Å²) in [5, 5.41) is 2.99. The molecule has 0 fully saturated rings. The highest BCUT2D eigenvalue weighted by molar-refractivity contribution is 9.10. The maximum Gasteiger partial charge on any atom is 0.166 e. The molecule has 0 atom stereocenters. The molecule has 1 aromatic heterocycles. The lowest BCUT2D eigenvalue weighted by atomic mass is 10.1. The normalized spacial score (nSPS) is 10.7. The zero-order valence-electron chi connectivity index (χ0n) is 9.06. The van der Waals surface area contributed by atoms with Crippen molar-refractivity contribution >= 4 is 21.7 Å². The Hall–Kier alpha value is -0.640. The molecule has 0 aliphatic heterocycles. The van der Waals surface area contributed by atoms with Crippen LogP contribution in [0.4, 0.5) is 10.2 Å². The highest BCUT2D eigenvalue weighted by Crippen LogP contribution is 2.16. The fraction of sp³-hybridized carbons (Fsp3) is 0.545. The Labute approximate surface area is 98.4 Å². The summed E-state index contributed by atoms with van der Waals surface area (Å²) < 4.78 is 13.9. The molecule has 1 N–H and O–H groups in total. The first kappa shape index (κ1) is 12.4. The molecule has 84 valence electrons. The quantitative estimate of drug-likeness (QED) is 0.826. The lowest BCUT2D eigenvalue weighted by Gasteiger charge is -2.07. The van der Waals surface area contributed by atoms with Gasteiger partial charge < -0.3 is 5.32 Å². The van der Waals surface area contributed by atoms with Gasteiger partial charge in [0.25, 0.3) is 0 Å². The van der Waals surface area contributed by atoms with Crippen molar-refractivity contribution < 1.29 is 4.39 Å². The van der Waals surface area contributed by atoms with Crippen molar-refractivity contribution in [1.29, 1.82) is 0 Å². The maximum atomic E-state index is 13.3. The van der Waals surface area contributed by atoms with Crippen LogP contribution in [0, 0.1) is 11.7 Å². The number of hydrogen-bond acceptors (Lipinski definition) is 2. The van der Waals surface area contributed by atoms with Gasteiger partial charge in [0.15, 0.2) is 11.6 Å². The third kappa shape index (κ3) is 4.60. The topological polar surface area (TPSA) is 24.9 Å². The van der Waals surface area contributed by atoms with E-state index in [9.17, 15) is 4.39 Å². The number of halogens is 2. The Balaban J connectivity index is 2.37. The SMILES string of the molecule is CC(C)CCCNc1ncc(Br)cc1F. The molecule has 1 aromatic rings. The predicted octanol–water partition coefficient (Wildman–Crippen LogP) is 3.83. The van der Waals surface area contributed by atoms with E-state index >= 15 is 0 Å². The van der Waals surface area contributed by atoms with Gasteiger partial charge in [-0.3, -0.25) is 0 Å². The van der Waals surface area contributed by atoms with Gasteiger partial charge in [0.2, 0.25) is 0 Å². The number of anilines is 1. The first-order valence-corrected chi connectivity index (χ1v) is 5.94. The summed E-state index contributed by atoms with van der Waals surface area (Å²) in [4.78, 5) is 3.96. The molecule has 1 heterocycles. The van der Waals surface area contributed by atoms with E-state index < -0.39 is 0 Å². The van der Waals surface area contributed by atoms with E-state index in [4.69, 9.17) is 0 Å². The summed E-state index contributed by atoms with van der Waals surface area (Å²) in [5.41, 5.74) is 0. The zero-order chi connectivity index (χ0) is 11.3. The smallest absolute Gasteiger partial charge is 0.166 e. The van der Waals surface area contributed by atoms with Gasteiger partial charge in [-0.15, -0.1) is 0 Å². The first-order chi connectivity index (χ1) is 7.09. The average molecular weight is 275 g/mol. The van der Waals surface area contributed by atoms with E-state index in [2.05, 4.69) is 40.1 Å². The molecule has 1 rings (SSSR count). The van der Waals surface area contributed by atoms with E-state index in [1.54, 1.807) is 6.20 Å². The lowest BCUT2D eigenvalue weighted by molar-refractivity contribution is 0.564. The molecular weight excluding hydrogens is 259 g/mol. The molecule has 2 nitrogen and oxygen atoms in total. The summed E-state index contributed by atoms with van der Waals surface area (Å²) in [6.45, 7) is 5.13. The van der Waals surface area contributed by atoms with E-state index in [-0.39, 0.29) is 5.82 Å². The van der Waals surface area contributed by atoms with Crippen LogP contribution in [0.15, 0.2) is 16.7 Å². The van der Waals surface area contributed by atoms with Gasteiger partial charge in [-0.2, -0.15) is 0 Å². The number of aromatic nitrogens is 1. The van der Waals surface area contributed by atoms with Crippen LogP contribution in [-0.2, 0) is 0 Å². The van der Waals surface area contributed by atoms with Gasteiger partial charge in [0, 0.05) is 17.2 Å². The Morgan fingerprint density at radius 2 is 2.27 bits per heavy atom. The molecule has 15 heavy (non-hydrogen) atoms. The summed E-state index contributed by atoms with van der Waals surface area (Å²) in [6, 6.07) is 1.41. The van der Waals surface area contributed by atoms with Crippen molar-refractivity contribution in [3.8, 4) is 0 Å². The van der Waals surface area contributed by atoms with Gasteiger partial charge in [0.1, 0.15) is 0 Å². The van der Waals surface area contributed by atoms with Crippen LogP contribution in [0.1, 0.15) is 26.7 Å². The van der Waals surface area contributed by atoms with Crippen molar-refractivity contribution in [3.63, 3.8) is 0 Å². The van der Waals surface area contributed by atoms with Crippen molar-refractivity contribution in [2.24, 2.45) is 5.92 Å². The summed E-state index contributed by atoms with van der Waals surface area (Å²) >= 11 is 3.17. The van der Waals surface area contributed by atoms with Gasteiger partial charge in [0.05, 0.1) is 0 Å². The minimum atomic E-state index is -0.311. The third-order valence-corrected chi connectivity index (χ3v) is 2.49. The fourth-order valence-electron chi connectivity index (χ4n) is 1.26. The molecule has 0 radical (unpaired) electrons. The minimum Gasteiger partial charge on any atom is -0.368 e. The van der Waals surface area contributed by atoms with Crippen molar-refractivity contribution in [3.05, 3.63) is 22.6 Å². The van der Waals surface area contributed by atoms with Crippen LogP contribution in [0.5, 0.6) is 0 Å². The molecule has 0 saturated carbocycles. The van der Waals surface area contributed by atoms with Crippen LogP contribution in [-0.4, -0.2) is 11.5 Å². The zero-order valence-corrected chi connectivity index (χ0v) is 10.6. The molecule has 0 aliphatic rings. The highest BCUT2D eigenvalue weighted by Gasteiger charge is 2.03. The molecule has 0 saturated heterocycles. The standard InChI is InChI=1S/C11H16BrFN2/c1-8(2)4-3-5-14-11-10(13)6-9(12)7-15-11/h6-8H,3-5H2,1-2H3,(H,14,15). The number of pyridine rings is 1. The largest absolute Gasteiger partial charge is 0.368 e. The monoisotopic (exact) mass is 274 g/mol. The summed E-state index contributed by atoms with van der Waals surface area (Å²) in [5.74, 6) is 0.713. The molecular formula is C11H16BrFN2. The highest BCUT2D eigenvalue weighted by atomic mass is 79.9. The van der Waals surface area contributed by atoms with Gasteiger partial charge >= 0.3 is 0 Å². The average Bonchev–Trinajstić information content (AvgIpc) is 2.14. The van der Waals surface area contributed by atoms with Crippen LogP contribution in [0.25, 0.3) is 0 Å². The Morgan fingerprint density at radius 1 is 1.53 bits per heavy atom. The molecule has 0 spiro atoms. The molecule has 0 amide bonds. The van der Waals surface area contributed by atoms with Crippen LogP contribution >= 0.6 is 15.9 Å². The third-order valence-electron chi connectivity index (χ3n) is 2.06. The molecule has 0 aromatic carbocycles. The van der Waals surface area contributed by atoms with Crippen molar-refractivity contribution in [2.45, 2.75) is 26.7 Å². The molecule has 0 bridgehead atoms. The second kappa shape index (κ2) is 6.05. The number of nitrogens with zero attached hydrogens (tertiary/aromatic N) is 1. The first-order valence-electron chi connectivity index (χ1n) is 5.14. The Kier molecular flexibility index (Phi) is 5.02. The summed E-state index contributed by atoms with van der Waals surface area (Å²) in [6.07, 6.45) is 3.77. The second-order valence-corrected chi connectivity index (χ2v) is 4.86. The van der Waals surface area contributed by atoms with Crippen LogP contribution < -0.4 is 5.32 Å². The van der Waals surface area contributed by atoms with Crippen LogP contribution in [0.3, 0.4) is 0 Å². The Morgan fingerprint density at radius 3 is 2.87 bits per heavy atom. The van der Waals surface area contributed by atoms with Gasteiger partial charge in [-0.05, 0) is 40.8 Å². The van der Waals surface area contributed by atoms with Crippen molar-refractivity contribution in [1.82, 2.24) is 4.98 Å². The van der Waals surface area contributed by atoms with E-state index in [1.807, 2.05) is 0 Å². The second-order valence-electron chi connectivity index (χ2n) is 3.95. The minimum absolute atomic E-state index is 0.311. The predicted molar refractivity (Wildman–Crippen MR) is 64.5 cm³/mol. The Bertz CT molecular complexity index is 315. The maximum absolute atomic E-state index is 13.3. The molecule has 0 aliphatic carbocycles. The van der Waals surface area contributed by atoms with Gasteiger partial charge in [-0.1, -0.05) is 13.8 Å². The number of rotatable bonds is 5. The van der Waals surface area contributed by atoms with Crippen molar-refractivity contribution in [2.75, 3.05) is 11.9 Å². The van der Waals surface area contributed by atoms with E-state index in [0.29, 0.717) is 16.2 Å². The summed E-state index contributed by atoms with van der Waals surface area (Å²) in [7, 11) is 0. The van der Waals surface area contributed by atoms with Crippen LogP contribution in [0.2, 0.25) is 0 Å². The fourth-order valence-corrected chi connectivity index (χ4v) is 1.57. The number of nitrogens with one attached hydrogen (secondary N) is 1. The van der Waals surface area contributed by atoms with E-state index in [0.717, 1.165) is 19.4 Å². The lowest BCUT2D eigenvalue weighted by Crippen LogP contribution is -2.06. The number of hydrogen-bond donors (Lipinski definition) is 1. The molecule has 0 unspecified atom stereocenters.